The molecule has 25 heavy (non-hydrogen) atoms. The largest absolute Gasteiger partial charge is 0.607 e. The molecular weight excluding hydrogens is 403 g/mol. The third kappa shape index (κ3) is 3.45. The van der Waals surface area contributed by atoms with Gasteiger partial charge in [-0.15, -0.1) is 0 Å². The number of benzene rings is 1. The number of nitrogens with two attached hydrogens (primary N) is 1. The van der Waals surface area contributed by atoms with E-state index in [1.807, 2.05) is 0 Å². The first kappa shape index (κ1) is 21.6. The third-order valence-electron chi connectivity index (χ3n) is 2.97. The minimum absolute atomic E-state index is 0.164. The fourth-order valence-corrected chi connectivity index (χ4v) is 2.47. The molecule has 1 aromatic carbocycles. The van der Waals surface area contributed by atoms with Gasteiger partial charge in [0.2, 0.25) is 0 Å². The quantitative estimate of drug-likeness (QED) is 0.452. The van der Waals surface area contributed by atoms with E-state index < -0.39 is 63.1 Å². The maximum atomic E-state index is 14.2. The summed E-state index contributed by atoms with van der Waals surface area (Å²) in [5.41, 5.74) is -4.58. The molecule has 144 valence electrons. The molecule has 0 aliphatic carbocycles. The predicted molar refractivity (Wildman–Crippen MR) is 63.1 cm³/mol. The molecule has 0 spiro atoms. The van der Waals surface area contributed by atoms with Crippen molar-refractivity contribution in [3.8, 4) is 0 Å². The van der Waals surface area contributed by atoms with Gasteiger partial charge in [0.25, 0.3) is 0 Å². The summed E-state index contributed by atoms with van der Waals surface area (Å²) in [6, 6.07) is -0.475. The summed E-state index contributed by atoms with van der Waals surface area (Å²) in [5.74, 6) is -10.7. The summed E-state index contributed by atoms with van der Waals surface area (Å²) >= 11 is -3.49. The number of hydrogen-bond acceptors (Lipinski definition) is 2. The Morgan fingerprint density at radius 2 is 1.36 bits per heavy atom. The van der Waals surface area contributed by atoms with Crippen LogP contribution in [0, 0.1) is 0 Å². The Kier molecular flexibility index (Phi) is 5.51. The van der Waals surface area contributed by atoms with Crippen LogP contribution in [-0.2, 0) is 16.8 Å². The fourth-order valence-electron chi connectivity index (χ4n) is 1.74. The molecule has 0 radical (unpaired) electrons. The topological polar surface area (TPSA) is 49.1 Å². The van der Waals surface area contributed by atoms with Gasteiger partial charge in [-0.2, -0.15) is 43.9 Å². The molecule has 0 heterocycles. The SMILES string of the molecule is Nc1ccc(C(F)(C(F)(F)F)C(F)(F)C(F)(F)F)cc1[S+]([O-])C(F)F. The standard InChI is InChI=1S/C11H6F11NOS/c12-7(13)25(24)6-3-4(1-2-5(6)23)8(14,10(17,18)19)9(15,16)11(20,21)22/h1-3,7H,23H2. The number of rotatable bonds is 4. The van der Waals surface area contributed by atoms with E-state index in [1.165, 1.54) is 0 Å². The maximum Gasteiger partial charge on any atom is 0.457 e. The number of halogens is 11. The highest BCUT2D eigenvalue weighted by Crippen LogP contribution is 2.58. The molecule has 2 N–H and O–H groups in total. The van der Waals surface area contributed by atoms with Crippen LogP contribution < -0.4 is 5.73 Å². The molecule has 0 aliphatic rings. The van der Waals surface area contributed by atoms with Crippen LogP contribution >= 0.6 is 0 Å². The maximum absolute atomic E-state index is 14.2. The van der Waals surface area contributed by atoms with Crippen LogP contribution in [0.1, 0.15) is 5.56 Å². The van der Waals surface area contributed by atoms with Crippen LogP contribution in [0.3, 0.4) is 0 Å². The zero-order valence-corrected chi connectivity index (χ0v) is 12.2. The summed E-state index contributed by atoms with van der Waals surface area (Å²) in [6.45, 7) is 0. The summed E-state index contributed by atoms with van der Waals surface area (Å²) in [6.07, 6.45) is -13.8. The Bertz CT molecular complexity index is 629. The first-order valence-corrected chi connectivity index (χ1v) is 6.98. The molecule has 0 fully saturated rings. The van der Waals surface area contributed by atoms with Gasteiger partial charge in [0.15, 0.2) is 4.90 Å². The van der Waals surface area contributed by atoms with Crippen molar-refractivity contribution in [3.63, 3.8) is 0 Å². The minimum Gasteiger partial charge on any atom is -0.607 e. The zero-order valence-electron chi connectivity index (χ0n) is 11.4. The molecular formula is C11H6F11NOS. The van der Waals surface area contributed by atoms with Gasteiger partial charge in [-0.25, -0.2) is 4.39 Å². The molecule has 0 saturated heterocycles. The molecule has 0 amide bonds. The first-order chi connectivity index (χ1) is 11.0. The lowest BCUT2D eigenvalue weighted by Gasteiger charge is -2.36. The Morgan fingerprint density at radius 1 is 0.880 bits per heavy atom. The van der Waals surface area contributed by atoms with E-state index in [4.69, 9.17) is 5.73 Å². The van der Waals surface area contributed by atoms with Gasteiger partial charge in [0, 0.05) is 11.6 Å². The van der Waals surface area contributed by atoms with Crippen molar-refractivity contribution in [3.05, 3.63) is 23.8 Å². The third-order valence-corrected chi connectivity index (χ3v) is 4.08. The summed E-state index contributed by atoms with van der Waals surface area (Å²) in [7, 11) is 0. The van der Waals surface area contributed by atoms with E-state index in [2.05, 4.69) is 0 Å². The number of nitrogen functional groups attached to an aromatic ring is 1. The lowest BCUT2D eigenvalue weighted by molar-refractivity contribution is -0.389. The summed E-state index contributed by atoms with van der Waals surface area (Å²) < 4.78 is 152. The molecule has 0 aromatic heterocycles. The Labute approximate surface area is 135 Å². The second-order valence-electron chi connectivity index (χ2n) is 4.54. The van der Waals surface area contributed by atoms with E-state index in [-0.39, 0.29) is 12.1 Å². The van der Waals surface area contributed by atoms with Gasteiger partial charge in [0.05, 0.1) is 16.9 Å². The van der Waals surface area contributed by atoms with Crippen LogP contribution in [-0.4, -0.2) is 28.6 Å². The average molecular weight is 409 g/mol. The molecule has 0 saturated carbocycles. The Morgan fingerprint density at radius 3 is 1.72 bits per heavy atom. The lowest BCUT2D eigenvalue weighted by Crippen LogP contribution is -2.59. The lowest BCUT2D eigenvalue weighted by atomic mass is 9.87. The fraction of sp³-hybridized carbons (Fsp3) is 0.455. The average Bonchev–Trinajstić information content (AvgIpc) is 2.43. The monoisotopic (exact) mass is 409 g/mol. The van der Waals surface area contributed by atoms with Crippen molar-refractivity contribution in [2.45, 2.75) is 34.6 Å². The second-order valence-corrected chi connectivity index (χ2v) is 5.93. The van der Waals surface area contributed by atoms with E-state index in [1.54, 1.807) is 0 Å². The molecule has 2 unspecified atom stereocenters. The number of hydrogen-bond donors (Lipinski definition) is 1. The van der Waals surface area contributed by atoms with E-state index >= 15 is 0 Å². The number of alkyl halides is 11. The van der Waals surface area contributed by atoms with Crippen LogP contribution in [0.5, 0.6) is 0 Å². The van der Waals surface area contributed by atoms with Gasteiger partial charge in [-0.1, -0.05) is 6.07 Å². The van der Waals surface area contributed by atoms with Crippen LogP contribution in [0.2, 0.25) is 0 Å². The van der Waals surface area contributed by atoms with E-state index in [0.29, 0.717) is 0 Å². The van der Waals surface area contributed by atoms with Gasteiger partial charge >= 0.3 is 29.7 Å². The summed E-state index contributed by atoms with van der Waals surface area (Å²) in [5, 5.41) is 0. The highest BCUT2D eigenvalue weighted by Gasteiger charge is 2.81. The Hall–Kier alpha value is -1.44. The highest BCUT2D eigenvalue weighted by molar-refractivity contribution is 7.91. The molecule has 14 heteroatoms. The van der Waals surface area contributed by atoms with Gasteiger partial charge in [0.1, 0.15) is 0 Å². The van der Waals surface area contributed by atoms with Gasteiger partial charge < -0.3 is 10.3 Å². The van der Waals surface area contributed by atoms with Crippen molar-refractivity contribution in [1.82, 2.24) is 0 Å². The molecule has 2 nitrogen and oxygen atoms in total. The first-order valence-electron chi connectivity index (χ1n) is 5.77. The van der Waals surface area contributed by atoms with Crippen LogP contribution in [0.15, 0.2) is 23.1 Å². The predicted octanol–water partition coefficient (Wildman–Crippen LogP) is 4.52. The van der Waals surface area contributed by atoms with Crippen molar-refractivity contribution < 1.29 is 52.8 Å². The second kappa shape index (κ2) is 6.37. The summed E-state index contributed by atoms with van der Waals surface area (Å²) in [4.78, 5) is -1.42. The molecule has 0 aliphatic heterocycles. The molecule has 0 bridgehead atoms. The smallest absolute Gasteiger partial charge is 0.457 e. The van der Waals surface area contributed by atoms with Crippen molar-refractivity contribution in [2.24, 2.45) is 0 Å². The van der Waals surface area contributed by atoms with Crippen molar-refractivity contribution >= 4 is 16.9 Å². The number of anilines is 1. The van der Waals surface area contributed by atoms with Crippen molar-refractivity contribution in [1.29, 1.82) is 0 Å². The van der Waals surface area contributed by atoms with Gasteiger partial charge in [-0.3, -0.25) is 0 Å². The van der Waals surface area contributed by atoms with E-state index in [0.717, 1.165) is 0 Å². The van der Waals surface area contributed by atoms with Crippen LogP contribution in [0.4, 0.5) is 54.0 Å². The molecule has 2 atom stereocenters. The zero-order chi connectivity index (χ0) is 20.0. The van der Waals surface area contributed by atoms with Crippen LogP contribution in [0.25, 0.3) is 0 Å². The molecule has 1 rings (SSSR count). The molecule has 1 aromatic rings. The van der Waals surface area contributed by atoms with Crippen molar-refractivity contribution in [2.75, 3.05) is 5.73 Å². The van der Waals surface area contributed by atoms with E-state index in [9.17, 15) is 52.8 Å². The van der Waals surface area contributed by atoms with Gasteiger partial charge in [-0.05, 0) is 6.07 Å². The minimum atomic E-state index is -6.97. The highest BCUT2D eigenvalue weighted by atomic mass is 32.2. The Balaban J connectivity index is 3.74. The normalized spacial score (nSPS) is 17.5.